The molecule has 2 amide bonds. The summed E-state index contributed by atoms with van der Waals surface area (Å²) in [6.07, 6.45) is 2.96. The third kappa shape index (κ3) is 4.78. The topological polar surface area (TPSA) is 70.7 Å². The second-order valence-corrected chi connectivity index (χ2v) is 8.53. The predicted molar refractivity (Wildman–Crippen MR) is 122 cm³/mol. The normalized spacial score (nSPS) is 18.8. The fourth-order valence-electron chi connectivity index (χ4n) is 4.15. The monoisotopic (exact) mass is 437 g/mol. The van der Waals surface area contributed by atoms with Crippen molar-refractivity contribution in [1.82, 2.24) is 15.5 Å². The van der Waals surface area contributed by atoms with E-state index in [1.807, 2.05) is 36.6 Å². The minimum Gasteiger partial charge on any atom is -0.463 e. The maximum absolute atomic E-state index is 13.0. The summed E-state index contributed by atoms with van der Waals surface area (Å²) in [4.78, 5) is 28.9. The summed E-state index contributed by atoms with van der Waals surface area (Å²) in [5.41, 5.74) is 4.59. The summed E-state index contributed by atoms with van der Waals surface area (Å²) < 4.78 is 5.38. The lowest BCUT2D eigenvalue weighted by molar-refractivity contribution is -0.139. The molecule has 2 aromatic carbocycles. The lowest BCUT2D eigenvalue weighted by Gasteiger charge is -2.34. The van der Waals surface area contributed by atoms with Gasteiger partial charge in [-0.25, -0.2) is 9.59 Å². The first-order chi connectivity index (χ1) is 15.1. The number of carbonyl (C=O) groups excluding carboxylic acids is 2. The number of esters is 1. The average Bonchev–Trinajstić information content (AvgIpc) is 2.79. The number of ether oxygens (including phenoxy) is 1. The lowest BCUT2D eigenvalue weighted by atomic mass is 9.94. The Morgan fingerprint density at radius 3 is 2.61 bits per heavy atom. The van der Waals surface area contributed by atoms with Crippen LogP contribution in [0.15, 0.2) is 64.7 Å². The molecular weight excluding hydrogens is 410 g/mol. The number of thioether (sulfide) groups is 1. The van der Waals surface area contributed by atoms with Gasteiger partial charge >= 0.3 is 12.0 Å². The van der Waals surface area contributed by atoms with E-state index in [4.69, 9.17) is 4.74 Å². The van der Waals surface area contributed by atoms with Crippen molar-refractivity contribution in [3.8, 4) is 0 Å². The Balaban J connectivity index is 1.66. The highest BCUT2D eigenvalue weighted by molar-refractivity contribution is 7.98. The van der Waals surface area contributed by atoms with E-state index in [2.05, 4.69) is 33.7 Å². The Kier molecular flexibility index (Phi) is 6.63. The van der Waals surface area contributed by atoms with Gasteiger partial charge in [0.15, 0.2) is 0 Å². The van der Waals surface area contributed by atoms with Crippen LogP contribution in [0.2, 0.25) is 0 Å². The minimum absolute atomic E-state index is 0.277. The molecule has 0 fully saturated rings. The van der Waals surface area contributed by atoms with Crippen LogP contribution in [0.5, 0.6) is 0 Å². The molecule has 2 aliphatic rings. The standard InChI is InChI=1S/C24H27N3O3S/c1-3-30-23(28)21-20(15-27-13-12-16-6-4-5-7-18(16)14-27)25-24(29)26-22(21)17-8-10-19(31-2)11-9-17/h4-11,22H,3,12-15H2,1-2H3,(H2,25,26,29)/t22-/m1/s1. The SMILES string of the molecule is CCOC(=O)C1=C(CN2CCc3ccccc3C2)NC(=O)N[C@@H]1c1ccc(SC)cc1. The molecule has 0 saturated carbocycles. The number of hydrogen-bond donors (Lipinski definition) is 2. The van der Waals surface area contributed by atoms with Crippen molar-refractivity contribution in [2.24, 2.45) is 0 Å². The molecule has 7 heteroatoms. The van der Waals surface area contributed by atoms with Gasteiger partial charge in [0.2, 0.25) is 0 Å². The fraction of sp³-hybridized carbons (Fsp3) is 0.333. The van der Waals surface area contributed by atoms with Gasteiger partial charge in [-0.3, -0.25) is 4.90 Å². The van der Waals surface area contributed by atoms with Crippen molar-refractivity contribution in [1.29, 1.82) is 0 Å². The molecule has 2 aliphatic heterocycles. The first-order valence-electron chi connectivity index (χ1n) is 10.5. The molecule has 31 heavy (non-hydrogen) atoms. The minimum atomic E-state index is -0.546. The van der Waals surface area contributed by atoms with Crippen LogP contribution in [0.1, 0.15) is 29.7 Å². The number of carbonyl (C=O) groups is 2. The summed E-state index contributed by atoms with van der Waals surface area (Å²) in [6, 6.07) is 15.5. The van der Waals surface area contributed by atoms with Crippen LogP contribution in [0.4, 0.5) is 4.79 Å². The first-order valence-corrected chi connectivity index (χ1v) is 11.7. The zero-order valence-electron chi connectivity index (χ0n) is 17.8. The Morgan fingerprint density at radius 2 is 1.90 bits per heavy atom. The number of rotatable bonds is 6. The largest absolute Gasteiger partial charge is 0.463 e. The van der Waals surface area contributed by atoms with Crippen LogP contribution < -0.4 is 10.6 Å². The van der Waals surface area contributed by atoms with Crippen molar-refractivity contribution < 1.29 is 14.3 Å². The molecule has 4 rings (SSSR count). The van der Waals surface area contributed by atoms with Crippen LogP contribution in [-0.2, 0) is 22.5 Å². The smallest absolute Gasteiger partial charge is 0.338 e. The Hall–Kier alpha value is -2.77. The number of benzene rings is 2. The molecule has 0 bridgehead atoms. The molecule has 2 aromatic rings. The van der Waals surface area contributed by atoms with Crippen molar-refractivity contribution in [2.75, 3.05) is 26.0 Å². The molecule has 2 heterocycles. The van der Waals surface area contributed by atoms with Crippen molar-refractivity contribution in [3.05, 3.63) is 76.5 Å². The van der Waals surface area contributed by atoms with Crippen LogP contribution in [-0.4, -0.2) is 42.9 Å². The lowest BCUT2D eigenvalue weighted by Crippen LogP contribution is -2.49. The molecular formula is C24H27N3O3S. The van der Waals surface area contributed by atoms with Gasteiger partial charge in [-0.1, -0.05) is 36.4 Å². The van der Waals surface area contributed by atoms with E-state index in [0.717, 1.165) is 30.0 Å². The zero-order valence-corrected chi connectivity index (χ0v) is 18.6. The van der Waals surface area contributed by atoms with Crippen molar-refractivity contribution >= 4 is 23.8 Å². The third-order valence-electron chi connectivity index (χ3n) is 5.69. The van der Waals surface area contributed by atoms with E-state index in [0.29, 0.717) is 17.8 Å². The van der Waals surface area contributed by atoms with Crippen molar-refractivity contribution in [2.45, 2.75) is 30.8 Å². The summed E-state index contributed by atoms with van der Waals surface area (Å²) in [6.45, 7) is 4.20. The number of nitrogens with zero attached hydrogens (tertiary/aromatic N) is 1. The molecule has 0 radical (unpaired) electrons. The van der Waals surface area contributed by atoms with Crippen LogP contribution in [0.3, 0.4) is 0 Å². The Morgan fingerprint density at radius 1 is 1.16 bits per heavy atom. The maximum Gasteiger partial charge on any atom is 0.338 e. The molecule has 162 valence electrons. The third-order valence-corrected chi connectivity index (χ3v) is 6.43. The van der Waals surface area contributed by atoms with Gasteiger partial charge in [0.05, 0.1) is 18.2 Å². The van der Waals surface area contributed by atoms with E-state index in [9.17, 15) is 9.59 Å². The summed E-state index contributed by atoms with van der Waals surface area (Å²) >= 11 is 1.65. The van der Waals surface area contributed by atoms with Crippen molar-refractivity contribution in [3.63, 3.8) is 0 Å². The molecule has 0 unspecified atom stereocenters. The summed E-state index contributed by atoms with van der Waals surface area (Å²) in [5.74, 6) is -0.402. The maximum atomic E-state index is 13.0. The number of urea groups is 1. The van der Waals surface area contributed by atoms with Gasteiger partial charge in [-0.2, -0.15) is 0 Å². The summed E-state index contributed by atoms with van der Waals surface area (Å²) in [7, 11) is 0. The van der Waals surface area contributed by atoms with Gasteiger partial charge in [0, 0.05) is 30.2 Å². The Labute approximate surface area is 187 Å². The van der Waals surface area contributed by atoms with E-state index >= 15 is 0 Å². The van der Waals surface area contributed by atoms with Crippen LogP contribution >= 0.6 is 11.8 Å². The van der Waals surface area contributed by atoms with Gasteiger partial charge < -0.3 is 15.4 Å². The second kappa shape index (κ2) is 9.58. The molecule has 0 spiro atoms. The fourth-order valence-corrected chi connectivity index (χ4v) is 4.56. The molecule has 0 saturated heterocycles. The highest BCUT2D eigenvalue weighted by atomic mass is 32.2. The summed E-state index contributed by atoms with van der Waals surface area (Å²) in [5, 5.41) is 5.79. The Bertz CT molecular complexity index is 1000. The number of nitrogens with one attached hydrogen (secondary N) is 2. The molecule has 0 aliphatic carbocycles. The predicted octanol–water partition coefficient (Wildman–Crippen LogP) is 3.64. The highest BCUT2D eigenvalue weighted by Gasteiger charge is 2.34. The quantitative estimate of drug-likeness (QED) is 0.533. The molecule has 6 nitrogen and oxygen atoms in total. The van der Waals surface area contributed by atoms with Crippen LogP contribution in [0, 0.1) is 0 Å². The van der Waals surface area contributed by atoms with Crippen LogP contribution in [0.25, 0.3) is 0 Å². The van der Waals surface area contributed by atoms with Gasteiger partial charge in [-0.05, 0) is 48.4 Å². The molecule has 0 aromatic heterocycles. The van der Waals surface area contributed by atoms with E-state index in [1.165, 1.54) is 11.1 Å². The van der Waals surface area contributed by atoms with E-state index in [1.54, 1.807) is 18.7 Å². The zero-order chi connectivity index (χ0) is 21.8. The van der Waals surface area contributed by atoms with E-state index < -0.39 is 12.0 Å². The number of hydrogen-bond acceptors (Lipinski definition) is 5. The van der Waals surface area contributed by atoms with Gasteiger partial charge in [0.25, 0.3) is 0 Å². The molecule has 1 atom stereocenters. The van der Waals surface area contributed by atoms with Gasteiger partial charge in [0.1, 0.15) is 0 Å². The van der Waals surface area contributed by atoms with E-state index in [-0.39, 0.29) is 12.6 Å². The number of amides is 2. The number of fused-ring (bicyclic) bond motifs is 1. The highest BCUT2D eigenvalue weighted by Crippen LogP contribution is 2.30. The molecule has 2 N–H and O–H groups in total. The average molecular weight is 438 g/mol. The van der Waals surface area contributed by atoms with Gasteiger partial charge in [-0.15, -0.1) is 11.8 Å². The second-order valence-electron chi connectivity index (χ2n) is 7.65. The first kappa shape index (κ1) is 21.5.